The van der Waals surface area contributed by atoms with Gasteiger partial charge in [-0.25, -0.2) is 0 Å². The second kappa shape index (κ2) is 9.49. The van der Waals surface area contributed by atoms with E-state index in [0.717, 1.165) is 12.5 Å². The first kappa shape index (κ1) is 19.4. The number of hydrogen-bond donors (Lipinski definition) is 2. The molecule has 0 spiro atoms. The molecule has 1 unspecified atom stereocenters. The fraction of sp³-hybridized carbons (Fsp3) is 0.438. The highest BCUT2D eigenvalue weighted by Gasteiger charge is 2.07. The van der Waals surface area contributed by atoms with Gasteiger partial charge >= 0.3 is 0 Å². The van der Waals surface area contributed by atoms with Gasteiger partial charge in [0.1, 0.15) is 0 Å². The molecule has 1 aromatic carbocycles. The van der Waals surface area contributed by atoms with E-state index < -0.39 is 0 Å². The maximum Gasteiger partial charge on any atom is 0.223 e. The smallest absolute Gasteiger partial charge is 0.223 e. The molecule has 0 radical (unpaired) electrons. The van der Waals surface area contributed by atoms with Crippen molar-refractivity contribution in [3.8, 4) is 0 Å². The maximum atomic E-state index is 4.93. The number of benzene rings is 1. The third-order valence-electron chi connectivity index (χ3n) is 3.43. The number of rotatable bonds is 5. The first-order valence-corrected chi connectivity index (χ1v) is 7.38. The van der Waals surface area contributed by atoms with Crippen LogP contribution in [0.2, 0.25) is 0 Å². The summed E-state index contributed by atoms with van der Waals surface area (Å²) in [7, 11) is 1.74. The van der Waals surface area contributed by atoms with Gasteiger partial charge in [-0.15, -0.1) is 24.0 Å². The Morgan fingerprint density at radius 3 is 2.48 bits per heavy atom. The van der Waals surface area contributed by atoms with Crippen LogP contribution in [0.25, 0.3) is 0 Å². The van der Waals surface area contributed by atoms with Gasteiger partial charge < -0.3 is 15.2 Å². The van der Waals surface area contributed by atoms with Gasteiger partial charge in [-0.2, -0.15) is 4.98 Å². The van der Waals surface area contributed by atoms with Crippen LogP contribution >= 0.6 is 24.0 Å². The molecule has 0 aliphatic carbocycles. The third kappa shape index (κ3) is 6.17. The van der Waals surface area contributed by atoms with Gasteiger partial charge in [-0.3, -0.25) is 4.99 Å². The highest BCUT2D eigenvalue weighted by molar-refractivity contribution is 14.0. The molecule has 2 rings (SSSR count). The number of halogens is 1. The molecular weight excluding hydrogens is 405 g/mol. The van der Waals surface area contributed by atoms with Gasteiger partial charge in [-0.1, -0.05) is 41.9 Å². The molecule has 1 aromatic heterocycles. The quantitative estimate of drug-likeness (QED) is 0.435. The normalized spacial score (nSPS) is 12.4. The molecular formula is C16H24IN5O. The Kier molecular flexibility index (Phi) is 8.01. The summed E-state index contributed by atoms with van der Waals surface area (Å²) in [6, 6.07) is 8.61. The van der Waals surface area contributed by atoms with Crippen LogP contribution in [0.1, 0.15) is 35.7 Å². The molecule has 0 aliphatic rings. The van der Waals surface area contributed by atoms with E-state index in [4.69, 9.17) is 4.52 Å². The molecule has 126 valence electrons. The van der Waals surface area contributed by atoms with Crippen molar-refractivity contribution in [1.29, 1.82) is 0 Å². The molecule has 0 bridgehead atoms. The molecule has 0 fully saturated rings. The minimum atomic E-state index is 0. The lowest BCUT2D eigenvalue weighted by Crippen LogP contribution is -2.38. The van der Waals surface area contributed by atoms with Crippen molar-refractivity contribution in [3.05, 3.63) is 47.1 Å². The SMILES string of the molecule is CN=C(NCc1noc(C)n1)NCC(C)c1ccc(C)cc1.I. The molecule has 1 atom stereocenters. The zero-order chi connectivity index (χ0) is 15.9. The minimum absolute atomic E-state index is 0. The summed E-state index contributed by atoms with van der Waals surface area (Å²) in [6.45, 7) is 7.34. The first-order chi connectivity index (χ1) is 10.6. The summed E-state index contributed by atoms with van der Waals surface area (Å²) in [6.07, 6.45) is 0. The fourth-order valence-electron chi connectivity index (χ4n) is 2.06. The van der Waals surface area contributed by atoms with Crippen LogP contribution in [0, 0.1) is 13.8 Å². The Bertz CT molecular complexity index is 624. The summed E-state index contributed by atoms with van der Waals surface area (Å²) < 4.78 is 4.93. The van der Waals surface area contributed by atoms with E-state index in [0.29, 0.717) is 24.2 Å². The van der Waals surface area contributed by atoms with Crippen LogP contribution < -0.4 is 10.6 Å². The lowest BCUT2D eigenvalue weighted by Gasteiger charge is -2.16. The average molecular weight is 429 g/mol. The number of guanidine groups is 1. The number of aliphatic imine (C=N–C) groups is 1. The molecule has 0 amide bonds. The van der Waals surface area contributed by atoms with Crippen molar-refractivity contribution in [2.75, 3.05) is 13.6 Å². The molecule has 1 heterocycles. The van der Waals surface area contributed by atoms with Gasteiger partial charge in [0.2, 0.25) is 5.89 Å². The van der Waals surface area contributed by atoms with Gasteiger partial charge in [0, 0.05) is 20.5 Å². The molecule has 0 aliphatic heterocycles. The van der Waals surface area contributed by atoms with E-state index in [9.17, 15) is 0 Å². The van der Waals surface area contributed by atoms with Crippen molar-refractivity contribution < 1.29 is 4.52 Å². The number of hydrogen-bond acceptors (Lipinski definition) is 4. The van der Waals surface area contributed by atoms with E-state index in [2.05, 4.69) is 63.9 Å². The largest absolute Gasteiger partial charge is 0.356 e. The van der Waals surface area contributed by atoms with E-state index in [1.165, 1.54) is 11.1 Å². The van der Waals surface area contributed by atoms with Crippen LogP contribution in [-0.4, -0.2) is 29.7 Å². The van der Waals surface area contributed by atoms with Crippen LogP contribution in [0.15, 0.2) is 33.8 Å². The Balaban J connectivity index is 0.00000264. The summed E-state index contributed by atoms with van der Waals surface area (Å²) >= 11 is 0. The summed E-state index contributed by atoms with van der Waals surface area (Å²) in [4.78, 5) is 8.34. The zero-order valence-electron chi connectivity index (χ0n) is 14.0. The van der Waals surface area contributed by atoms with Gasteiger partial charge in [0.15, 0.2) is 11.8 Å². The predicted octanol–water partition coefficient (Wildman–Crippen LogP) is 2.77. The summed E-state index contributed by atoms with van der Waals surface area (Å²) in [5.41, 5.74) is 2.58. The van der Waals surface area contributed by atoms with Crippen molar-refractivity contribution >= 4 is 29.9 Å². The van der Waals surface area contributed by atoms with Crippen molar-refractivity contribution in [2.45, 2.75) is 33.2 Å². The van der Waals surface area contributed by atoms with Crippen molar-refractivity contribution in [3.63, 3.8) is 0 Å². The third-order valence-corrected chi connectivity index (χ3v) is 3.43. The van der Waals surface area contributed by atoms with Gasteiger partial charge in [-0.05, 0) is 18.4 Å². The Morgan fingerprint density at radius 1 is 1.22 bits per heavy atom. The first-order valence-electron chi connectivity index (χ1n) is 7.38. The molecule has 23 heavy (non-hydrogen) atoms. The maximum absolute atomic E-state index is 4.93. The van der Waals surface area contributed by atoms with E-state index in [-0.39, 0.29) is 24.0 Å². The summed E-state index contributed by atoms with van der Waals surface area (Å²) in [5, 5.41) is 10.3. The molecule has 2 aromatic rings. The predicted molar refractivity (Wildman–Crippen MR) is 102 cm³/mol. The van der Waals surface area contributed by atoms with Crippen LogP contribution in [0.5, 0.6) is 0 Å². The molecule has 0 saturated carbocycles. The van der Waals surface area contributed by atoms with E-state index >= 15 is 0 Å². The van der Waals surface area contributed by atoms with Crippen molar-refractivity contribution in [1.82, 2.24) is 20.8 Å². The summed E-state index contributed by atoms with van der Waals surface area (Å²) in [5.74, 6) is 2.30. The van der Waals surface area contributed by atoms with Gasteiger partial charge in [0.25, 0.3) is 0 Å². The Labute approximate surface area is 154 Å². The lowest BCUT2D eigenvalue weighted by atomic mass is 10.0. The highest BCUT2D eigenvalue weighted by atomic mass is 127. The van der Waals surface area contributed by atoms with Crippen LogP contribution in [0.3, 0.4) is 0 Å². The van der Waals surface area contributed by atoms with Crippen LogP contribution in [0.4, 0.5) is 0 Å². The second-order valence-corrected chi connectivity index (χ2v) is 5.35. The van der Waals surface area contributed by atoms with E-state index in [1.807, 2.05) is 0 Å². The molecule has 6 nitrogen and oxygen atoms in total. The van der Waals surface area contributed by atoms with Gasteiger partial charge in [0.05, 0.1) is 6.54 Å². The molecule has 0 saturated heterocycles. The zero-order valence-corrected chi connectivity index (χ0v) is 16.3. The Hall–Kier alpha value is -1.64. The van der Waals surface area contributed by atoms with Crippen molar-refractivity contribution in [2.24, 2.45) is 4.99 Å². The molecule has 2 N–H and O–H groups in total. The topological polar surface area (TPSA) is 75.3 Å². The second-order valence-electron chi connectivity index (χ2n) is 5.35. The average Bonchev–Trinajstić information content (AvgIpc) is 2.93. The highest BCUT2D eigenvalue weighted by Crippen LogP contribution is 2.14. The monoisotopic (exact) mass is 429 g/mol. The number of nitrogens with one attached hydrogen (secondary N) is 2. The lowest BCUT2D eigenvalue weighted by molar-refractivity contribution is 0.386. The fourth-order valence-corrected chi connectivity index (χ4v) is 2.06. The van der Waals surface area contributed by atoms with E-state index in [1.54, 1.807) is 14.0 Å². The number of aryl methyl sites for hydroxylation is 2. The standard InChI is InChI=1S/C16H23N5O.HI/c1-11-5-7-14(8-6-11)12(2)9-18-16(17-4)19-10-15-20-13(3)22-21-15;/h5-8,12H,9-10H2,1-4H3,(H2,17,18,19);1H. The van der Waals surface area contributed by atoms with Crippen LogP contribution in [-0.2, 0) is 6.54 Å². The Morgan fingerprint density at radius 2 is 1.91 bits per heavy atom. The number of nitrogens with zero attached hydrogens (tertiary/aromatic N) is 3. The number of aromatic nitrogens is 2. The molecule has 7 heteroatoms. The minimum Gasteiger partial charge on any atom is -0.356 e.